The zero-order valence-electron chi connectivity index (χ0n) is 15.4. The zero-order valence-corrected chi connectivity index (χ0v) is 15.4. The molecular formula is C19H34N2O2. The van der Waals surface area contributed by atoms with Gasteiger partial charge in [0.25, 0.3) is 0 Å². The van der Waals surface area contributed by atoms with Gasteiger partial charge in [0, 0.05) is 18.5 Å². The predicted molar refractivity (Wildman–Crippen MR) is 92.3 cm³/mol. The van der Waals surface area contributed by atoms with Crippen LogP contribution < -0.4 is 5.32 Å². The number of nitrogens with zero attached hydrogens (tertiary/aromatic N) is 1. The van der Waals surface area contributed by atoms with Gasteiger partial charge in [-0.25, -0.2) is 0 Å². The second kappa shape index (κ2) is 6.45. The Morgan fingerprint density at radius 3 is 2.52 bits per heavy atom. The van der Waals surface area contributed by atoms with Gasteiger partial charge in [0.05, 0.1) is 5.60 Å². The number of nitrogens with one attached hydrogen (secondary N) is 1. The molecule has 0 aromatic rings. The van der Waals surface area contributed by atoms with E-state index in [0.717, 1.165) is 38.1 Å². The van der Waals surface area contributed by atoms with Gasteiger partial charge in [-0.1, -0.05) is 20.8 Å². The fourth-order valence-electron chi connectivity index (χ4n) is 4.51. The number of hydrogen-bond acceptors (Lipinski definition) is 4. The van der Waals surface area contributed by atoms with E-state index in [-0.39, 0.29) is 11.5 Å². The maximum atomic E-state index is 12.5. The molecule has 0 bridgehead atoms. The smallest absolute Gasteiger partial charge is 0.192 e. The van der Waals surface area contributed by atoms with Crippen molar-refractivity contribution < 1.29 is 9.53 Å². The van der Waals surface area contributed by atoms with Crippen molar-refractivity contribution in [2.75, 3.05) is 20.1 Å². The molecule has 4 heteroatoms. The summed E-state index contributed by atoms with van der Waals surface area (Å²) >= 11 is 0. The monoisotopic (exact) mass is 322 g/mol. The lowest BCUT2D eigenvalue weighted by Crippen LogP contribution is -2.55. The molecule has 2 atom stereocenters. The average molecular weight is 322 g/mol. The quantitative estimate of drug-likeness (QED) is 0.791. The molecule has 0 aromatic carbocycles. The maximum absolute atomic E-state index is 12.5. The van der Waals surface area contributed by atoms with E-state index in [9.17, 15) is 4.79 Å². The number of carbonyl (C=O) groups is 1. The largest absolute Gasteiger partial charge is 0.345 e. The van der Waals surface area contributed by atoms with Crippen molar-refractivity contribution in [2.24, 2.45) is 11.8 Å². The van der Waals surface area contributed by atoms with Crippen LogP contribution in [-0.2, 0) is 9.53 Å². The Balaban J connectivity index is 1.58. The molecule has 2 unspecified atom stereocenters. The van der Waals surface area contributed by atoms with E-state index in [4.69, 9.17) is 4.74 Å². The number of Topliss-reactive ketones (excluding diaryl/α,β-unsaturated/α-hetero) is 1. The Labute approximate surface area is 141 Å². The zero-order chi connectivity index (χ0) is 16.7. The SMILES string of the molecule is CCC1C[C@]2(CC[C@@H](N(C)CCC(C)C)CC2)OC2(CN2)C1=O. The predicted octanol–water partition coefficient (Wildman–Crippen LogP) is 2.96. The molecule has 132 valence electrons. The van der Waals surface area contributed by atoms with Crippen LogP contribution in [0.1, 0.15) is 65.7 Å². The van der Waals surface area contributed by atoms with E-state index in [1.807, 2.05) is 0 Å². The van der Waals surface area contributed by atoms with Gasteiger partial charge in [0.2, 0.25) is 0 Å². The van der Waals surface area contributed by atoms with Gasteiger partial charge in [-0.15, -0.1) is 0 Å². The van der Waals surface area contributed by atoms with Gasteiger partial charge in [-0.05, 0) is 64.5 Å². The van der Waals surface area contributed by atoms with Crippen molar-refractivity contribution in [3.63, 3.8) is 0 Å². The molecule has 2 spiro atoms. The van der Waals surface area contributed by atoms with Crippen LogP contribution >= 0.6 is 0 Å². The first-order valence-electron chi connectivity index (χ1n) is 9.59. The summed E-state index contributed by atoms with van der Waals surface area (Å²) in [5.41, 5.74) is -0.650. The maximum Gasteiger partial charge on any atom is 0.192 e. The molecule has 0 aromatic heterocycles. The molecule has 3 rings (SSSR count). The van der Waals surface area contributed by atoms with Gasteiger partial charge in [0.15, 0.2) is 11.5 Å². The van der Waals surface area contributed by atoms with E-state index in [1.54, 1.807) is 0 Å². The van der Waals surface area contributed by atoms with Gasteiger partial charge in [-0.2, -0.15) is 0 Å². The van der Waals surface area contributed by atoms with Crippen molar-refractivity contribution in [1.29, 1.82) is 0 Å². The van der Waals surface area contributed by atoms with E-state index in [0.29, 0.717) is 11.8 Å². The summed E-state index contributed by atoms with van der Waals surface area (Å²) in [4.78, 5) is 15.0. The minimum atomic E-state index is -0.602. The highest BCUT2D eigenvalue weighted by Gasteiger charge is 2.61. The highest BCUT2D eigenvalue weighted by atomic mass is 16.6. The molecule has 0 amide bonds. The van der Waals surface area contributed by atoms with E-state index in [2.05, 4.69) is 38.0 Å². The van der Waals surface area contributed by atoms with Crippen molar-refractivity contribution in [3.8, 4) is 0 Å². The second-order valence-electron chi connectivity index (χ2n) is 8.53. The molecule has 3 fully saturated rings. The fourth-order valence-corrected chi connectivity index (χ4v) is 4.51. The lowest BCUT2D eigenvalue weighted by atomic mass is 9.72. The summed E-state index contributed by atoms with van der Waals surface area (Å²) in [6, 6.07) is 0.684. The van der Waals surface area contributed by atoms with Gasteiger partial charge < -0.3 is 9.64 Å². The minimum Gasteiger partial charge on any atom is -0.345 e. The van der Waals surface area contributed by atoms with E-state index in [1.165, 1.54) is 25.8 Å². The van der Waals surface area contributed by atoms with Gasteiger partial charge >= 0.3 is 0 Å². The molecule has 23 heavy (non-hydrogen) atoms. The third kappa shape index (κ3) is 3.49. The molecule has 0 radical (unpaired) electrons. The van der Waals surface area contributed by atoms with Crippen molar-refractivity contribution in [1.82, 2.24) is 10.2 Å². The van der Waals surface area contributed by atoms with Crippen LogP contribution in [-0.4, -0.2) is 48.2 Å². The Kier molecular flexibility index (Phi) is 4.88. The normalized spacial score (nSPS) is 40.5. The highest BCUT2D eigenvalue weighted by Crippen LogP contribution is 2.48. The summed E-state index contributed by atoms with van der Waals surface area (Å²) in [7, 11) is 2.27. The first-order chi connectivity index (χ1) is 10.9. The molecule has 3 aliphatic rings. The van der Waals surface area contributed by atoms with Crippen molar-refractivity contribution in [3.05, 3.63) is 0 Å². The van der Waals surface area contributed by atoms with Crippen LogP contribution in [0.25, 0.3) is 0 Å². The summed E-state index contributed by atoms with van der Waals surface area (Å²) in [6.07, 6.45) is 7.78. The number of rotatable bonds is 5. The van der Waals surface area contributed by atoms with Gasteiger partial charge in [0.1, 0.15) is 0 Å². The fraction of sp³-hybridized carbons (Fsp3) is 0.947. The second-order valence-corrected chi connectivity index (χ2v) is 8.53. The molecular weight excluding hydrogens is 288 g/mol. The van der Waals surface area contributed by atoms with Crippen molar-refractivity contribution in [2.45, 2.75) is 83.1 Å². The van der Waals surface area contributed by atoms with E-state index < -0.39 is 5.72 Å². The van der Waals surface area contributed by atoms with Crippen LogP contribution in [0.4, 0.5) is 0 Å². The summed E-state index contributed by atoms with van der Waals surface area (Å²) < 4.78 is 6.40. The van der Waals surface area contributed by atoms with Crippen LogP contribution in [0.2, 0.25) is 0 Å². The molecule has 1 aliphatic carbocycles. The standard InChI is InChI=1S/C19H34N2O2/c1-5-15-12-18(23-19(13-20-19)17(15)22)9-6-16(7-10-18)21(4)11-8-14(2)3/h14-16,20H,5-13H2,1-4H3/t15?,16-,18-,19?. The first-order valence-corrected chi connectivity index (χ1v) is 9.59. The summed E-state index contributed by atoms with van der Waals surface area (Å²) in [5, 5.41) is 3.22. The highest BCUT2D eigenvalue weighted by molar-refractivity contribution is 5.92. The number of hydrogen-bond donors (Lipinski definition) is 1. The van der Waals surface area contributed by atoms with Crippen LogP contribution in [0.3, 0.4) is 0 Å². The third-order valence-corrected chi connectivity index (χ3v) is 6.32. The molecule has 2 aliphatic heterocycles. The van der Waals surface area contributed by atoms with Crippen LogP contribution in [0.15, 0.2) is 0 Å². The van der Waals surface area contributed by atoms with Crippen molar-refractivity contribution >= 4 is 5.78 Å². The van der Waals surface area contributed by atoms with Crippen LogP contribution in [0.5, 0.6) is 0 Å². The Hall–Kier alpha value is -0.450. The Bertz CT molecular complexity index is 437. The lowest BCUT2D eigenvalue weighted by Gasteiger charge is -2.48. The third-order valence-electron chi connectivity index (χ3n) is 6.32. The molecule has 1 saturated carbocycles. The Morgan fingerprint density at radius 2 is 2.00 bits per heavy atom. The molecule has 2 heterocycles. The van der Waals surface area contributed by atoms with E-state index >= 15 is 0 Å². The number of carbonyl (C=O) groups excluding carboxylic acids is 1. The number of ether oxygens (including phenoxy) is 1. The topological polar surface area (TPSA) is 51.5 Å². The van der Waals surface area contributed by atoms with Crippen LogP contribution in [0, 0.1) is 11.8 Å². The summed E-state index contributed by atoms with van der Waals surface area (Å²) in [6.45, 7) is 8.65. The lowest BCUT2D eigenvalue weighted by molar-refractivity contribution is -0.189. The summed E-state index contributed by atoms with van der Waals surface area (Å²) in [5.74, 6) is 1.27. The molecule has 4 nitrogen and oxygen atoms in total. The molecule has 1 N–H and O–H groups in total. The first kappa shape index (κ1) is 17.4. The Morgan fingerprint density at radius 1 is 1.35 bits per heavy atom. The average Bonchev–Trinajstić information content (AvgIpc) is 3.29. The minimum absolute atomic E-state index is 0.0481. The number of ketones is 1. The van der Waals surface area contributed by atoms with Gasteiger partial charge in [-0.3, -0.25) is 10.1 Å². The molecule has 2 saturated heterocycles.